The third-order valence-electron chi connectivity index (χ3n) is 1.21. The van der Waals surface area contributed by atoms with Crippen LogP contribution in [-0.4, -0.2) is 11.5 Å². The van der Waals surface area contributed by atoms with E-state index in [1.165, 1.54) is 0 Å². The summed E-state index contributed by atoms with van der Waals surface area (Å²) in [7, 11) is 1.79. The molecule has 0 aliphatic heterocycles. The Hall–Kier alpha value is 0.310. The second kappa shape index (κ2) is 4.18. The zero-order valence-electron chi connectivity index (χ0n) is 5.50. The van der Waals surface area contributed by atoms with E-state index >= 15 is 0 Å². The van der Waals surface area contributed by atoms with Gasteiger partial charge in [-0.15, -0.1) is 0 Å². The average Bonchev–Trinajstić information content (AvgIpc) is 2.34. The number of methoxy groups -OCH3 is 1. The summed E-state index contributed by atoms with van der Waals surface area (Å²) in [5.41, 5.74) is 0. The van der Waals surface area contributed by atoms with Crippen LogP contribution in [0.4, 0.5) is 0 Å². The molecule has 0 aromatic heterocycles. The van der Waals surface area contributed by atoms with E-state index in [9.17, 15) is 0 Å². The number of hydrogen-bond acceptors (Lipinski definition) is 1. The molecule has 0 aromatic rings. The topological polar surface area (TPSA) is 9.23 Å². The van der Waals surface area contributed by atoms with E-state index in [1.807, 2.05) is 0 Å². The molecule has 0 unspecified atom stereocenters. The Kier molecular flexibility index (Phi) is 3.44. The van der Waals surface area contributed by atoms with Crippen molar-refractivity contribution in [3.05, 3.63) is 24.3 Å². The van der Waals surface area contributed by atoms with E-state index in [-0.39, 0.29) is 0 Å². The van der Waals surface area contributed by atoms with Crippen LogP contribution in [0.2, 0.25) is 3.67 Å². The fraction of sp³-hybridized carbons (Fsp3) is 0.429. The summed E-state index contributed by atoms with van der Waals surface area (Å²) in [6.45, 7) is 0. The third kappa shape index (κ3) is 2.59. The Labute approximate surface area is 67.1 Å². The first kappa shape index (κ1) is 7.42. The van der Waals surface area contributed by atoms with Crippen molar-refractivity contribution in [1.82, 2.24) is 0 Å². The van der Waals surface area contributed by atoms with E-state index in [0.29, 0.717) is 0 Å². The van der Waals surface area contributed by atoms with Gasteiger partial charge in [0.15, 0.2) is 0 Å². The quantitative estimate of drug-likeness (QED) is 0.717. The summed E-state index contributed by atoms with van der Waals surface area (Å²) < 4.78 is 6.90. The van der Waals surface area contributed by atoms with Crippen molar-refractivity contribution >= 4 is 0 Å². The van der Waals surface area contributed by atoms with Crippen LogP contribution in [0.1, 0.15) is 0 Å². The summed E-state index contributed by atoms with van der Waals surface area (Å²) in [5, 5.41) is 0. The molecule has 1 rings (SSSR count). The van der Waals surface area contributed by atoms with Gasteiger partial charge in [0.1, 0.15) is 0 Å². The van der Waals surface area contributed by atoms with Crippen molar-refractivity contribution in [1.29, 1.82) is 0 Å². The molecule has 1 aliphatic rings. The maximum absolute atomic E-state index is 5.02. The van der Waals surface area contributed by atoms with E-state index in [2.05, 4.69) is 24.3 Å². The van der Waals surface area contributed by atoms with Gasteiger partial charge in [0, 0.05) is 0 Å². The van der Waals surface area contributed by atoms with Gasteiger partial charge in [-0.3, -0.25) is 0 Å². The Morgan fingerprint density at radius 2 is 2.11 bits per heavy atom. The van der Waals surface area contributed by atoms with Crippen LogP contribution in [0.3, 0.4) is 0 Å². The van der Waals surface area contributed by atoms with E-state index in [4.69, 9.17) is 4.74 Å². The summed E-state index contributed by atoms with van der Waals surface area (Å²) in [4.78, 5) is 0. The number of hydrogen-bond donors (Lipinski definition) is 0. The van der Waals surface area contributed by atoms with Crippen LogP contribution in [0, 0.1) is 0 Å². The fourth-order valence-electron chi connectivity index (χ4n) is 0.748. The van der Waals surface area contributed by atoms with Crippen LogP contribution in [-0.2, 0) is 27.6 Å². The van der Waals surface area contributed by atoms with E-state index in [0.717, 1.165) is 8.04 Å². The maximum atomic E-state index is 5.02. The fourth-order valence-corrected chi connectivity index (χ4v) is 3.81. The summed E-state index contributed by atoms with van der Waals surface area (Å²) in [6.07, 6.45) is 8.82. The first-order chi connectivity index (χ1) is 4.43. The molecular weight excluding hydrogens is 279 g/mol. The number of allylic oxidation sites excluding steroid dienone is 4. The van der Waals surface area contributed by atoms with Crippen molar-refractivity contribution in [3.63, 3.8) is 0 Å². The SMILES string of the molecule is CO[CH2][Hf][CH]1C=CC=C1. The molecule has 1 aliphatic carbocycles. The molecule has 0 bridgehead atoms. The van der Waals surface area contributed by atoms with E-state index in [1.54, 1.807) is 7.11 Å². The molecule has 0 spiro atoms. The zero-order valence-corrected chi connectivity index (χ0v) is 9.09. The number of rotatable bonds is 3. The first-order valence-corrected chi connectivity index (χ1v) is 7.62. The van der Waals surface area contributed by atoms with Crippen LogP contribution in [0.25, 0.3) is 0 Å². The van der Waals surface area contributed by atoms with Crippen LogP contribution in [0.15, 0.2) is 24.3 Å². The standard InChI is InChI=1S/C5H5.C2H5O.Hf/c1-2-4-5-3-1;1-3-2;/h1-5H;1H2,2H3;. The van der Waals surface area contributed by atoms with Gasteiger partial charge in [-0.1, -0.05) is 0 Å². The van der Waals surface area contributed by atoms with Gasteiger partial charge < -0.3 is 0 Å². The zero-order chi connectivity index (χ0) is 6.53. The van der Waals surface area contributed by atoms with Gasteiger partial charge in [0.05, 0.1) is 0 Å². The summed E-state index contributed by atoms with van der Waals surface area (Å²) >= 11 is -0.457. The van der Waals surface area contributed by atoms with E-state index < -0.39 is 22.9 Å². The third-order valence-corrected chi connectivity index (χ3v) is 5.92. The van der Waals surface area contributed by atoms with Crippen LogP contribution in [0.5, 0.6) is 0 Å². The van der Waals surface area contributed by atoms with Gasteiger partial charge >= 0.3 is 67.1 Å². The second-order valence-electron chi connectivity index (χ2n) is 1.93. The molecule has 0 atom stereocenters. The monoisotopic (exact) mass is 290 g/mol. The molecule has 0 heterocycles. The van der Waals surface area contributed by atoms with Crippen molar-refractivity contribution < 1.29 is 27.6 Å². The summed E-state index contributed by atoms with van der Waals surface area (Å²) in [6, 6.07) is 0. The average molecular weight is 289 g/mol. The van der Waals surface area contributed by atoms with Crippen molar-refractivity contribution in [3.8, 4) is 0 Å². The normalized spacial score (nSPS) is 17.0. The Bertz CT molecular complexity index is 117. The van der Waals surface area contributed by atoms with Gasteiger partial charge in [0.25, 0.3) is 0 Å². The predicted octanol–water partition coefficient (Wildman–Crippen LogP) is 1.59. The summed E-state index contributed by atoms with van der Waals surface area (Å²) in [5.74, 6) is 0. The van der Waals surface area contributed by atoms with Crippen molar-refractivity contribution in [2.45, 2.75) is 3.67 Å². The van der Waals surface area contributed by atoms with Gasteiger partial charge in [0.2, 0.25) is 0 Å². The molecule has 0 saturated heterocycles. The van der Waals surface area contributed by atoms with Gasteiger partial charge in [-0.25, -0.2) is 0 Å². The first-order valence-electron chi connectivity index (χ1n) is 3.01. The molecule has 0 amide bonds. The minimum absolute atomic E-state index is 0.457. The molecule has 1 nitrogen and oxygen atoms in total. The molecule has 0 N–H and O–H groups in total. The molecule has 0 saturated carbocycles. The van der Waals surface area contributed by atoms with Crippen molar-refractivity contribution in [2.24, 2.45) is 0 Å². The molecule has 9 heavy (non-hydrogen) atoms. The molecule has 0 radical (unpaired) electrons. The van der Waals surface area contributed by atoms with Gasteiger partial charge in [-0.05, 0) is 0 Å². The van der Waals surface area contributed by atoms with Crippen molar-refractivity contribution in [2.75, 3.05) is 11.5 Å². The predicted molar refractivity (Wildman–Crippen MR) is 33.9 cm³/mol. The molecule has 0 fully saturated rings. The molecule has 48 valence electrons. The molecule has 2 heteroatoms. The Morgan fingerprint density at radius 1 is 1.44 bits per heavy atom. The molecular formula is C7H10HfO. The minimum atomic E-state index is -0.457. The molecule has 0 aromatic carbocycles. The number of ether oxygens (including phenoxy) is 1. The van der Waals surface area contributed by atoms with Gasteiger partial charge in [-0.2, -0.15) is 0 Å². The van der Waals surface area contributed by atoms with Crippen LogP contribution < -0.4 is 0 Å². The van der Waals surface area contributed by atoms with Crippen LogP contribution >= 0.6 is 0 Å². The Morgan fingerprint density at radius 3 is 2.67 bits per heavy atom. The Balaban J connectivity index is 2.13. The second-order valence-corrected chi connectivity index (χ2v) is 6.83.